The molecule has 1 aliphatic heterocycles. The van der Waals surface area contributed by atoms with Crippen LogP contribution in [-0.2, 0) is 17.0 Å². The molecule has 1 atom stereocenters. The lowest BCUT2D eigenvalue weighted by atomic mass is 10.00. The van der Waals surface area contributed by atoms with E-state index in [0.717, 1.165) is 39.3 Å². The molecule has 174 valence electrons. The average Bonchev–Trinajstić information content (AvgIpc) is 3.17. The first kappa shape index (κ1) is 23.2. The molecule has 0 bridgehead atoms. The lowest BCUT2D eigenvalue weighted by molar-refractivity contribution is -0.115. The van der Waals surface area contributed by atoms with E-state index >= 15 is 0 Å². The molecule has 0 spiro atoms. The number of thioether (sulfide) groups is 2. The van der Waals surface area contributed by atoms with Crippen LogP contribution in [0.5, 0.6) is 0 Å². The van der Waals surface area contributed by atoms with Crippen molar-refractivity contribution in [3.63, 3.8) is 0 Å². The number of amides is 1. The number of hydrogen-bond acceptors (Lipinski definition) is 6. The highest BCUT2D eigenvalue weighted by Gasteiger charge is 2.31. The molecule has 8 heteroatoms. The smallest absolute Gasteiger partial charge is 0.267 e. The lowest BCUT2D eigenvalue weighted by Crippen LogP contribution is -2.27. The highest BCUT2D eigenvalue weighted by Crippen LogP contribution is 2.44. The number of rotatable bonds is 5. The maximum Gasteiger partial charge on any atom is 0.267 e. The molecule has 0 aliphatic carbocycles. The van der Waals surface area contributed by atoms with Crippen molar-refractivity contribution < 1.29 is 4.79 Å². The Morgan fingerprint density at radius 2 is 1.79 bits per heavy atom. The van der Waals surface area contributed by atoms with E-state index in [4.69, 9.17) is 4.98 Å². The van der Waals surface area contributed by atoms with Crippen LogP contribution < -0.4 is 10.9 Å². The number of nitrogens with zero attached hydrogens (tertiary/aromatic N) is 2. The monoisotopic (exact) mass is 507 g/mol. The van der Waals surface area contributed by atoms with Crippen LogP contribution in [0.2, 0.25) is 0 Å². The Kier molecular flexibility index (Phi) is 6.31. The molecule has 1 N–H and O–H groups in total. The topological polar surface area (TPSA) is 64.0 Å². The van der Waals surface area contributed by atoms with E-state index in [-0.39, 0.29) is 16.2 Å². The molecule has 0 radical (unpaired) electrons. The fourth-order valence-electron chi connectivity index (χ4n) is 4.03. The zero-order chi connectivity index (χ0) is 23.9. The highest BCUT2D eigenvalue weighted by atomic mass is 32.2. The van der Waals surface area contributed by atoms with Gasteiger partial charge in [-0.25, -0.2) is 4.98 Å². The summed E-state index contributed by atoms with van der Waals surface area (Å²) in [6.07, 6.45) is 0.848. The van der Waals surface area contributed by atoms with Crippen molar-refractivity contribution in [2.45, 2.75) is 48.1 Å². The summed E-state index contributed by atoms with van der Waals surface area (Å²) in [6, 6.07) is 19.0. The first-order valence-electron chi connectivity index (χ1n) is 11.1. The van der Waals surface area contributed by atoms with Gasteiger partial charge in [0.25, 0.3) is 5.56 Å². The van der Waals surface area contributed by atoms with Crippen LogP contribution in [0, 0.1) is 0 Å². The van der Waals surface area contributed by atoms with Gasteiger partial charge < -0.3 is 5.32 Å². The SMILES string of the molecule is C[C@H](Sc1nc2sc3c(c2c(=O)n1-c1ccccc1)CC(C)(C)SC3)C(=O)Nc1ccccc1. The molecular formula is C26H25N3O2S3. The number of thiophene rings is 1. The number of para-hydroxylation sites is 2. The van der Waals surface area contributed by atoms with Gasteiger partial charge in [-0.15, -0.1) is 23.1 Å². The van der Waals surface area contributed by atoms with E-state index in [0.29, 0.717) is 5.16 Å². The normalized spacial score (nSPS) is 15.6. The van der Waals surface area contributed by atoms with Crippen LogP contribution in [0.1, 0.15) is 31.2 Å². The molecule has 34 heavy (non-hydrogen) atoms. The summed E-state index contributed by atoms with van der Waals surface area (Å²) >= 11 is 4.84. The number of fused-ring (bicyclic) bond motifs is 3. The summed E-state index contributed by atoms with van der Waals surface area (Å²) in [4.78, 5) is 33.8. The molecular weight excluding hydrogens is 483 g/mol. The van der Waals surface area contributed by atoms with Gasteiger partial charge >= 0.3 is 0 Å². The van der Waals surface area contributed by atoms with Gasteiger partial charge in [0, 0.05) is 21.1 Å². The summed E-state index contributed by atoms with van der Waals surface area (Å²) in [5.74, 6) is 0.765. The van der Waals surface area contributed by atoms with Gasteiger partial charge in [-0.05, 0) is 43.2 Å². The first-order chi connectivity index (χ1) is 16.3. The number of anilines is 1. The molecule has 0 saturated heterocycles. The molecule has 0 fully saturated rings. The summed E-state index contributed by atoms with van der Waals surface area (Å²) in [5.41, 5.74) is 2.58. The van der Waals surface area contributed by atoms with Crippen LogP contribution in [0.25, 0.3) is 15.9 Å². The van der Waals surface area contributed by atoms with Crippen LogP contribution >= 0.6 is 34.9 Å². The molecule has 1 aliphatic rings. The van der Waals surface area contributed by atoms with E-state index in [9.17, 15) is 9.59 Å². The second kappa shape index (κ2) is 9.24. The Labute approximate surface area is 211 Å². The third kappa shape index (κ3) is 4.54. The zero-order valence-electron chi connectivity index (χ0n) is 19.2. The van der Waals surface area contributed by atoms with Gasteiger partial charge in [0.15, 0.2) is 5.16 Å². The van der Waals surface area contributed by atoms with Crippen molar-refractivity contribution >= 4 is 56.7 Å². The third-order valence-corrected chi connectivity index (χ3v) is 9.50. The van der Waals surface area contributed by atoms with E-state index in [2.05, 4.69) is 19.2 Å². The van der Waals surface area contributed by atoms with Crippen molar-refractivity contribution in [3.05, 3.63) is 81.5 Å². The molecule has 4 aromatic rings. The van der Waals surface area contributed by atoms with Crippen molar-refractivity contribution in [2.75, 3.05) is 5.32 Å². The molecule has 5 nitrogen and oxygen atoms in total. The second-order valence-corrected chi connectivity index (χ2v) is 13.0. The average molecular weight is 508 g/mol. The Balaban J connectivity index is 1.58. The number of carbonyl (C=O) groups is 1. The van der Waals surface area contributed by atoms with Gasteiger partial charge in [-0.1, -0.05) is 62.0 Å². The summed E-state index contributed by atoms with van der Waals surface area (Å²) < 4.78 is 1.75. The maximum atomic E-state index is 13.9. The Hall–Kier alpha value is -2.55. The summed E-state index contributed by atoms with van der Waals surface area (Å²) in [6.45, 7) is 6.29. The minimum Gasteiger partial charge on any atom is -0.325 e. The molecule has 0 unspecified atom stereocenters. The number of carbonyl (C=O) groups excluding carboxylic acids is 1. The second-order valence-electron chi connectivity index (χ2n) is 8.89. The van der Waals surface area contributed by atoms with E-state index in [1.54, 1.807) is 15.9 Å². The largest absolute Gasteiger partial charge is 0.325 e. The third-order valence-electron chi connectivity index (χ3n) is 5.78. The quantitative estimate of drug-likeness (QED) is 0.260. The van der Waals surface area contributed by atoms with Gasteiger partial charge in [0.2, 0.25) is 5.91 Å². The zero-order valence-corrected chi connectivity index (χ0v) is 21.7. The molecule has 2 aromatic heterocycles. The molecule has 3 heterocycles. The Morgan fingerprint density at radius 3 is 2.50 bits per heavy atom. The predicted octanol–water partition coefficient (Wildman–Crippen LogP) is 6.13. The minimum absolute atomic E-state index is 0.0606. The Morgan fingerprint density at radius 1 is 1.12 bits per heavy atom. The standard InChI is InChI=1S/C26H25N3O2S3/c1-16(22(30)27-17-10-6-4-7-11-17)33-25-28-23-21(19-14-26(2,3)32-15-20(19)34-23)24(31)29(25)18-12-8-5-9-13-18/h4-13,16H,14-15H2,1-3H3,(H,27,30)/t16-/m0/s1. The van der Waals surface area contributed by atoms with Crippen molar-refractivity contribution in [1.82, 2.24) is 9.55 Å². The molecule has 5 rings (SSSR count). The van der Waals surface area contributed by atoms with Gasteiger partial charge in [-0.3, -0.25) is 14.2 Å². The fourth-order valence-corrected chi connectivity index (χ4v) is 7.34. The fraction of sp³-hybridized carbons (Fsp3) is 0.269. The Bertz CT molecular complexity index is 1410. The summed E-state index contributed by atoms with van der Waals surface area (Å²) in [5, 5.41) is 3.76. The minimum atomic E-state index is -0.441. The van der Waals surface area contributed by atoms with Gasteiger partial charge in [-0.2, -0.15) is 0 Å². The molecule has 0 saturated carbocycles. The number of aromatic nitrogens is 2. The van der Waals surface area contributed by atoms with Gasteiger partial charge in [0.1, 0.15) is 4.83 Å². The number of nitrogens with one attached hydrogen (secondary N) is 1. The summed E-state index contributed by atoms with van der Waals surface area (Å²) in [7, 11) is 0. The number of hydrogen-bond donors (Lipinski definition) is 1. The predicted molar refractivity (Wildman–Crippen MR) is 145 cm³/mol. The van der Waals surface area contributed by atoms with Crippen LogP contribution in [0.3, 0.4) is 0 Å². The lowest BCUT2D eigenvalue weighted by Gasteiger charge is -2.28. The maximum absolute atomic E-state index is 13.9. The van der Waals surface area contributed by atoms with Crippen molar-refractivity contribution in [3.8, 4) is 5.69 Å². The van der Waals surface area contributed by atoms with Crippen LogP contribution in [0.4, 0.5) is 5.69 Å². The van der Waals surface area contributed by atoms with Crippen molar-refractivity contribution in [1.29, 1.82) is 0 Å². The van der Waals surface area contributed by atoms with Crippen molar-refractivity contribution in [2.24, 2.45) is 0 Å². The van der Waals surface area contributed by atoms with E-state index < -0.39 is 5.25 Å². The van der Waals surface area contributed by atoms with Crippen LogP contribution in [-0.4, -0.2) is 25.5 Å². The molecule has 2 aromatic carbocycles. The van der Waals surface area contributed by atoms with E-state index in [1.807, 2.05) is 79.3 Å². The number of benzene rings is 2. The molecule has 1 amide bonds. The van der Waals surface area contributed by atoms with Crippen LogP contribution in [0.15, 0.2) is 70.6 Å². The van der Waals surface area contributed by atoms with Gasteiger partial charge in [0.05, 0.1) is 16.3 Å². The highest BCUT2D eigenvalue weighted by molar-refractivity contribution is 8.00. The first-order valence-corrected chi connectivity index (χ1v) is 13.8. The van der Waals surface area contributed by atoms with E-state index in [1.165, 1.54) is 16.6 Å².